The molecule has 5 amide bonds. The Morgan fingerprint density at radius 1 is 0.937 bits per heavy atom. The number of nitrogens with one attached hydrogen (secondary N) is 4. The Kier molecular flexibility index (Phi) is 13.1. The van der Waals surface area contributed by atoms with Crippen LogP contribution in [0.4, 0.5) is 5.69 Å². The predicted molar refractivity (Wildman–Crippen MR) is 227 cm³/mol. The van der Waals surface area contributed by atoms with Crippen molar-refractivity contribution in [3.63, 3.8) is 0 Å². The minimum atomic E-state index is -0.891. The van der Waals surface area contributed by atoms with E-state index < -0.39 is 35.9 Å². The molecule has 8 rings (SSSR count). The molecular weight excluding hydrogens is 834 g/mol. The second-order valence-corrected chi connectivity index (χ2v) is 15.6. The van der Waals surface area contributed by atoms with E-state index in [9.17, 15) is 28.8 Å². The van der Waals surface area contributed by atoms with Gasteiger partial charge in [-0.1, -0.05) is 41.6 Å². The van der Waals surface area contributed by atoms with Gasteiger partial charge in [-0.2, -0.15) is 0 Å². The van der Waals surface area contributed by atoms with E-state index in [1.165, 1.54) is 16.9 Å². The Labute approximate surface area is 366 Å². The Morgan fingerprint density at radius 3 is 2.51 bits per heavy atom. The molecule has 0 radical (unpaired) electrons. The van der Waals surface area contributed by atoms with Gasteiger partial charge in [-0.05, 0) is 47.9 Å². The van der Waals surface area contributed by atoms with Gasteiger partial charge < -0.3 is 39.6 Å². The number of amides is 5. The van der Waals surface area contributed by atoms with E-state index in [1.54, 1.807) is 47.3 Å². The second-order valence-electron chi connectivity index (χ2n) is 15.3. The highest BCUT2D eigenvalue weighted by molar-refractivity contribution is 6.27. The van der Waals surface area contributed by atoms with E-state index in [-0.39, 0.29) is 49.5 Å². The summed E-state index contributed by atoms with van der Waals surface area (Å²) < 4.78 is 18.2. The maximum atomic E-state index is 13.3. The van der Waals surface area contributed by atoms with Crippen molar-refractivity contribution in [1.29, 1.82) is 0 Å². The highest BCUT2D eigenvalue weighted by Crippen LogP contribution is 2.41. The van der Waals surface area contributed by atoms with E-state index in [0.717, 1.165) is 33.4 Å². The average Bonchev–Trinajstić information content (AvgIpc) is 4.02. The molecule has 3 atom stereocenters. The van der Waals surface area contributed by atoms with Crippen LogP contribution in [-0.2, 0) is 59.4 Å². The summed E-state index contributed by atoms with van der Waals surface area (Å²) in [6, 6.07) is 17.8. The maximum absolute atomic E-state index is 13.3. The predicted octanol–water partition coefficient (Wildman–Crippen LogP) is 2.85. The van der Waals surface area contributed by atoms with E-state index in [0.29, 0.717) is 68.3 Å². The Balaban J connectivity index is 0.766. The lowest BCUT2D eigenvalue weighted by Gasteiger charge is -2.40. The van der Waals surface area contributed by atoms with Crippen LogP contribution in [0.15, 0.2) is 72.9 Å². The van der Waals surface area contributed by atoms with E-state index in [2.05, 4.69) is 31.2 Å². The number of methoxy groups -OCH3 is 1. The first-order chi connectivity index (χ1) is 30.6. The van der Waals surface area contributed by atoms with Crippen molar-refractivity contribution in [2.24, 2.45) is 0 Å². The molecule has 2 aromatic heterocycles. The van der Waals surface area contributed by atoms with Crippen molar-refractivity contribution < 1.29 is 43.0 Å². The third-order valence-electron chi connectivity index (χ3n) is 11.5. The lowest BCUT2D eigenvalue weighted by molar-refractivity contribution is -0.154. The minimum absolute atomic E-state index is 0.142. The number of hydrogen-bond acceptors (Lipinski definition) is 12. The lowest BCUT2D eigenvalue weighted by atomic mass is 9.87. The SMILES string of the molecule is COC(=O)[C@H]1Cc2c([nH]c3ccccc23)[C@H](c2ccc(C(=O)NCc3cn(CCOCCOCCNc4cccc5c4CN(C4CCC(=O)NC4=O)C5=O)nn3)cc2)N1C(=O)CCl. The summed E-state index contributed by atoms with van der Waals surface area (Å²) >= 11 is 6.07. The maximum Gasteiger partial charge on any atom is 0.328 e. The van der Waals surface area contributed by atoms with Gasteiger partial charge in [0.1, 0.15) is 23.7 Å². The molecule has 0 saturated carbocycles. The van der Waals surface area contributed by atoms with Crippen LogP contribution in [0.1, 0.15) is 67.7 Å². The number of esters is 1. The van der Waals surface area contributed by atoms with Gasteiger partial charge in [-0.15, -0.1) is 16.7 Å². The summed E-state index contributed by atoms with van der Waals surface area (Å²) in [6.45, 7) is 2.87. The summed E-state index contributed by atoms with van der Waals surface area (Å²) in [4.78, 5) is 83.0. The summed E-state index contributed by atoms with van der Waals surface area (Å²) in [5.74, 6) is -2.60. The molecule has 3 aliphatic heterocycles. The van der Waals surface area contributed by atoms with Crippen molar-refractivity contribution >= 4 is 63.7 Å². The number of carbonyl (C=O) groups is 6. The van der Waals surface area contributed by atoms with Crippen LogP contribution in [0.5, 0.6) is 0 Å². The quantitative estimate of drug-likeness (QED) is 0.0459. The molecule has 4 N–H and O–H groups in total. The minimum Gasteiger partial charge on any atom is -0.467 e. The third-order valence-corrected chi connectivity index (χ3v) is 11.7. The Hall–Kier alpha value is -6.63. The molecule has 1 saturated heterocycles. The van der Waals surface area contributed by atoms with E-state index in [1.807, 2.05) is 30.3 Å². The number of aromatic amines is 1. The fourth-order valence-electron chi connectivity index (χ4n) is 8.44. The lowest BCUT2D eigenvalue weighted by Crippen LogP contribution is -2.52. The molecule has 1 fully saturated rings. The monoisotopic (exact) mass is 879 g/mol. The number of imide groups is 1. The van der Waals surface area contributed by atoms with Gasteiger partial charge in [0.05, 0.1) is 58.9 Å². The number of H-pyrrole nitrogens is 1. The largest absolute Gasteiger partial charge is 0.467 e. The molecule has 18 nitrogen and oxygen atoms in total. The van der Waals surface area contributed by atoms with Crippen molar-refractivity contribution in [2.75, 3.05) is 51.3 Å². The number of para-hydroxylation sites is 1. The Bertz CT molecular complexity index is 2540. The molecule has 328 valence electrons. The highest BCUT2D eigenvalue weighted by Gasteiger charge is 2.44. The van der Waals surface area contributed by atoms with Crippen molar-refractivity contribution in [2.45, 2.75) is 57.0 Å². The summed E-state index contributed by atoms with van der Waals surface area (Å²) in [6.07, 6.45) is 2.50. The molecule has 3 aromatic carbocycles. The van der Waals surface area contributed by atoms with Crippen molar-refractivity contribution in [1.82, 2.24) is 40.4 Å². The number of anilines is 1. The molecule has 3 aliphatic rings. The normalized spacial score (nSPS) is 18.3. The van der Waals surface area contributed by atoms with Gasteiger partial charge in [0.25, 0.3) is 11.8 Å². The van der Waals surface area contributed by atoms with Gasteiger partial charge >= 0.3 is 5.97 Å². The summed E-state index contributed by atoms with van der Waals surface area (Å²) in [5, 5.41) is 17.8. The zero-order valence-corrected chi connectivity index (χ0v) is 35.2. The number of aromatic nitrogens is 4. The van der Waals surface area contributed by atoms with Crippen molar-refractivity contribution in [3.8, 4) is 0 Å². The number of fused-ring (bicyclic) bond motifs is 4. The summed E-state index contributed by atoms with van der Waals surface area (Å²) in [5.41, 5.74) is 6.36. The van der Waals surface area contributed by atoms with Crippen LogP contribution in [0.2, 0.25) is 0 Å². The standard InChI is InChI=1S/C44H46ClN9O9/c1-61-44(60)36-21-31-29-5-2-3-7-34(29)48-39(31)40(54(36)38(56)22-45)26-9-11-27(12-10-26)41(57)47-23-28-24-52(51-50-28)16-18-63-20-19-62-17-15-46-33-8-4-6-30-32(33)25-53(43(30)59)35-13-14-37(55)49-42(35)58/h2-12,24,35-36,40,46,48H,13-23,25H2,1H3,(H,47,57)(H,49,55,58)/t35?,36-,40+/m1/s1. The fraction of sp³-hybridized carbons (Fsp3) is 0.364. The van der Waals surface area contributed by atoms with Gasteiger partial charge in [0.2, 0.25) is 17.7 Å². The molecule has 0 spiro atoms. The molecule has 19 heteroatoms. The molecule has 63 heavy (non-hydrogen) atoms. The zero-order chi connectivity index (χ0) is 44.0. The summed E-state index contributed by atoms with van der Waals surface area (Å²) in [7, 11) is 1.29. The first-order valence-corrected chi connectivity index (χ1v) is 21.2. The van der Waals surface area contributed by atoms with Gasteiger partial charge in [-0.25, -0.2) is 9.48 Å². The fourth-order valence-corrected chi connectivity index (χ4v) is 8.58. The van der Waals surface area contributed by atoms with Crippen LogP contribution < -0.4 is 16.0 Å². The molecular formula is C44H46ClN9O9. The van der Waals surface area contributed by atoms with Gasteiger partial charge in [0, 0.05) is 64.9 Å². The van der Waals surface area contributed by atoms with E-state index >= 15 is 0 Å². The number of nitrogens with zero attached hydrogens (tertiary/aromatic N) is 5. The number of piperidine rings is 1. The zero-order valence-electron chi connectivity index (χ0n) is 34.4. The number of rotatable bonds is 17. The number of hydrogen-bond donors (Lipinski definition) is 4. The number of benzene rings is 3. The van der Waals surface area contributed by atoms with Crippen LogP contribution in [-0.4, -0.2) is 123 Å². The first-order valence-electron chi connectivity index (χ1n) is 20.6. The number of halogens is 1. The van der Waals surface area contributed by atoms with Crippen LogP contribution in [0, 0.1) is 0 Å². The van der Waals surface area contributed by atoms with Crippen LogP contribution >= 0.6 is 11.6 Å². The molecule has 1 unspecified atom stereocenters. The average molecular weight is 880 g/mol. The van der Waals surface area contributed by atoms with Gasteiger partial charge in [-0.3, -0.25) is 29.3 Å². The molecule has 0 bridgehead atoms. The third kappa shape index (κ3) is 9.14. The smallest absolute Gasteiger partial charge is 0.328 e. The van der Waals surface area contributed by atoms with Crippen LogP contribution in [0.3, 0.4) is 0 Å². The van der Waals surface area contributed by atoms with E-state index in [4.69, 9.17) is 25.8 Å². The molecule has 0 aliphatic carbocycles. The van der Waals surface area contributed by atoms with Crippen molar-refractivity contribution in [3.05, 3.63) is 112 Å². The molecule has 5 heterocycles. The number of ether oxygens (including phenoxy) is 3. The molecule has 5 aromatic rings. The number of carbonyl (C=O) groups excluding carboxylic acids is 6. The second kappa shape index (κ2) is 19.2. The van der Waals surface area contributed by atoms with Crippen LogP contribution in [0.25, 0.3) is 10.9 Å². The number of alkyl halides is 1. The topological polar surface area (TPSA) is 219 Å². The highest BCUT2D eigenvalue weighted by atomic mass is 35.5. The first kappa shape index (κ1) is 43.0. The van der Waals surface area contributed by atoms with Gasteiger partial charge in [0.15, 0.2) is 0 Å². The Morgan fingerprint density at radius 2 is 1.73 bits per heavy atom.